The molecule has 0 aliphatic heterocycles. The number of para-hydroxylation sites is 2. The Bertz CT molecular complexity index is 738. The maximum atomic E-state index is 9.98. The van der Waals surface area contributed by atoms with E-state index in [4.69, 9.17) is 4.74 Å². The summed E-state index contributed by atoms with van der Waals surface area (Å²) in [6.07, 6.45) is 0. The molecule has 0 unspecified atom stereocenters. The molecule has 0 radical (unpaired) electrons. The molecule has 0 fully saturated rings. The number of hydrogen-bond donors (Lipinski definition) is 1. The Balaban J connectivity index is 2.04. The van der Waals surface area contributed by atoms with Gasteiger partial charge in [-0.3, -0.25) is 0 Å². The molecule has 0 saturated carbocycles. The molecular weight excluding hydrogens is 238 g/mol. The molecule has 2 aromatic carbocycles. The van der Waals surface area contributed by atoms with Gasteiger partial charge < -0.3 is 9.84 Å². The summed E-state index contributed by atoms with van der Waals surface area (Å²) in [6, 6.07) is 16.7. The van der Waals surface area contributed by atoms with Gasteiger partial charge in [-0.25, -0.2) is 4.98 Å². The molecule has 3 heteroatoms. The number of benzene rings is 2. The van der Waals surface area contributed by atoms with Gasteiger partial charge in [-0.2, -0.15) is 0 Å². The summed E-state index contributed by atoms with van der Waals surface area (Å²) >= 11 is 0. The molecule has 1 aromatic heterocycles. The van der Waals surface area contributed by atoms with Crippen molar-refractivity contribution in [2.24, 2.45) is 0 Å². The van der Waals surface area contributed by atoms with Crippen molar-refractivity contribution in [2.45, 2.75) is 6.92 Å². The van der Waals surface area contributed by atoms with Crippen LogP contribution in [0.5, 0.6) is 17.4 Å². The average molecular weight is 251 g/mol. The number of ether oxygens (including phenoxy) is 1. The van der Waals surface area contributed by atoms with Crippen molar-refractivity contribution in [3.8, 4) is 17.4 Å². The van der Waals surface area contributed by atoms with Crippen LogP contribution in [-0.4, -0.2) is 10.1 Å². The zero-order chi connectivity index (χ0) is 13.2. The number of aryl methyl sites for hydroxylation is 1. The molecule has 3 rings (SSSR count). The van der Waals surface area contributed by atoms with Gasteiger partial charge in [0.2, 0.25) is 5.88 Å². The zero-order valence-electron chi connectivity index (χ0n) is 10.5. The summed E-state index contributed by atoms with van der Waals surface area (Å²) in [5.41, 5.74) is 1.74. The Morgan fingerprint density at radius 2 is 1.74 bits per heavy atom. The Kier molecular flexibility index (Phi) is 2.80. The van der Waals surface area contributed by atoms with Crippen molar-refractivity contribution in [1.29, 1.82) is 0 Å². The van der Waals surface area contributed by atoms with Crippen LogP contribution < -0.4 is 4.74 Å². The van der Waals surface area contributed by atoms with Gasteiger partial charge in [-0.15, -0.1) is 0 Å². The van der Waals surface area contributed by atoms with Crippen molar-refractivity contribution in [3.63, 3.8) is 0 Å². The molecule has 0 saturated heterocycles. The number of rotatable bonds is 2. The van der Waals surface area contributed by atoms with Crippen LogP contribution in [0.2, 0.25) is 0 Å². The molecule has 0 amide bonds. The van der Waals surface area contributed by atoms with E-state index in [0.29, 0.717) is 11.4 Å². The van der Waals surface area contributed by atoms with Gasteiger partial charge in [0.15, 0.2) is 0 Å². The first-order valence-corrected chi connectivity index (χ1v) is 6.06. The minimum absolute atomic E-state index is 0.175. The highest BCUT2D eigenvalue weighted by atomic mass is 16.5. The third-order valence-corrected chi connectivity index (χ3v) is 2.98. The summed E-state index contributed by atoms with van der Waals surface area (Å²) in [6.45, 7) is 1.97. The Labute approximate surface area is 111 Å². The Hall–Kier alpha value is -2.55. The lowest BCUT2D eigenvalue weighted by Gasteiger charge is -2.09. The van der Waals surface area contributed by atoms with Crippen molar-refractivity contribution < 1.29 is 9.84 Å². The van der Waals surface area contributed by atoms with Gasteiger partial charge in [0.25, 0.3) is 0 Å². The number of aromatic hydroxyl groups is 1. The van der Waals surface area contributed by atoms with Crippen LogP contribution in [-0.2, 0) is 0 Å². The number of aromatic nitrogens is 1. The Morgan fingerprint density at radius 1 is 1.00 bits per heavy atom. The van der Waals surface area contributed by atoms with Crippen molar-refractivity contribution in [1.82, 2.24) is 4.98 Å². The fourth-order valence-corrected chi connectivity index (χ4v) is 1.97. The van der Waals surface area contributed by atoms with Crippen molar-refractivity contribution >= 4 is 10.9 Å². The highest BCUT2D eigenvalue weighted by Gasteiger charge is 2.07. The van der Waals surface area contributed by atoms with Crippen LogP contribution in [0.4, 0.5) is 0 Å². The second-order valence-corrected chi connectivity index (χ2v) is 4.36. The average Bonchev–Trinajstić information content (AvgIpc) is 2.42. The van der Waals surface area contributed by atoms with Gasteiger partial charge in [0.05, 0.1) is 5.52 Å². The summed E-state index contributed by atoms with van der Waals surface area (Å²) < 4.78 is 5.73. The molecule has 94 valence electrons. The van der Waals surface area contributed by atoms with Crippen LogP contribution in [0.1, 0.15) is 5.56 Å². The van der Waals surface area contributed by atoms with Crippen molar-refractivity contribution in [3.05, 3.63) is 60.2 Å². The first kappa shape index (κ1) is 11.5. The largest absolute Gasteiger partial charge is 0.507 e. The van der Waals surface area contributed by atoms with Crippen LogP contribution in [0.15, 0.2) is 54.6 Å². The first-order chi connectivity index (χ1) is 9.24. The van der Waals surface area contributed by atoms with Gasteiger partial charge >= 0.3 is 0 Å². The molecule has 0 atom stereocenters. The standard InChI is InChI=1S/C16H13NO2/c1-11-6-2-5-9-15(11)19-16-10-14(18)12-7-3-4-8-13(12)17-16/h2-10H,1H3,(H,17,18). The molecule has 19 heavy (non-hydrogen) atoms. The van der Waals surface area contributed by atoms with E-state index in [9.17, 15) is 5.11 Å². The molecule has 0 aliphatic carbocycles. The van der Waals surface area contributed by atoms with E-state index in [2.05, 4.69) is 4.98 Å². The van der Waals surface area contributed by atoms with Crippen LogP contribution >= 0.6 is 0 Å². The second-order valence-electron chi connectivity index (χ2n) is 4.36. The first-order valence-electron chi connectivity index (χ1n) is 6.06. The second kappa shape index (κ2) is 4.61. The lowest BCUT2D eigenvalue weighted by molar-refractivity contribution is 0.445. The van der Waals surface area contributed by atoms with E-state index in [1.165, 1.54) is 6.07 Å². The summed E-state index contributed by atoms with van der Waals surface area (Å²) in [5, 5.41) is 10.7. The van der Waals surface area contributed by atoms with E-state index in [1.807, 2.05) is 55.5 Å². The fraction of sp³-hybridized carbons (Fsp3) is 0.0625. The normalized spacial score (nSPS) is 10.6. The van der Waals surface area contributed by atoms with E-state index in [1.54, 1.807) is 0 Å². The molecule has 1 heterocycles. The van der Waals surface area contributed by atoms with E-state index in [0.717, 1.165) is 16.7 Å². The molecule has 0 aliphatic rings. The molecule has 0 bridgehead atoms. The fourth-order valence-electron chi connectivity index (χ4n) is 1.97. The maximum Gasteiger partial charge on any atom is 0.223 e. The SMILES string of the molecule is Cc1ccccc1Oc1cc(O)c2ccccc2n1. The lowest BCUT2D eigenvalue weighted by Crippen LogP contribution is -1.91. The van der Waals surface area contributed by atoms with Gasteiger partial charge in [0, 0.05) is 11.5 Å². The predicted molar refractivity (Wildman–Crippen MR) is 74.7 cm³/mol. The third-order valence-electron chi connectivity index (χ3n) is 2.98. The molecular formula is C16H13NO2. The smallest absolute Gasteiger partial charge is 0.223 e. The van der Waals surface area contributed by atoms with Crippen LogP contribution in [0.25, 0.3) is 10.9 Å². The lowest BCUT2D eigenvalue weighted by atomic mass is 10.2. The topological polar surface area (TPSA) is 42.4 Å². The molecule has 3 aromatic rings. The molecule has 3 nitrogen and oxygen atoms in total. The molecule has 0 spiro atoms. The highest BCUT2D eigenvalue weighted by Crippen LogP contribution is 2.30. The van der Waals surface area contributed by atoms with E-state index >= 15 is 0 Å². The number of fused-ring (bicyclic) bond motifs is 1. The quantitative estimate of drug-likeness (QED) is 0.747. The van der Waals surface area contributed by atoms with Crippen LogP contribution in [0, 0.1) is 6.92 Å². The van der Waals surface area contributed by atoms with Gasteiger partial charge in [0.1, 0.15) is 11.5 Å². The Morgan fingerprint density at radius 3 is 2.58 bits per heavy atom. The number of hydrogen-bond acceptors (Lipinski definition) is 3. The highest BCUT2D eigenvalue weighted by molar-refractivity contribution is 5.85. The van der Waals surface area contributed by atoms with Gasteiger partial charge in [-0.1, -0.05) is 30.3 Å². The monoisotopic (exact) mass is 251 g/mol. The minimum Gasteiger partial charge on any atom is -0.507 e. The number of nitrogens with zero attached hydrogens (tertiary/aromatic N) is 1. The number of pyridine rings is 1. The summed E-state index contributed by atoms with van der Waals surface area (Å²) in [4.78, 5) is 4.39. The zero-order valence-corrected chi connectivity index (χ0v) is 10.5. The predicted octanol–water partition coefficient (Wildman–Crippen LogP) is 4.04. The maximum absolute atomic E-state index is 9.98. The summed E-state index contributed by atoms with van der Waals surface area (Å²) in [7, 11) is 0. The molecule has 1 N–H and O–H groups in total. The van der Waals surface area contributed by atoms with E-state index < -0.39 is 0 Å². The van der Waals surface area contributed by atoms with E-state index in [-0.39, 0.29) is 5.75 Å². The van der Waals surface area contributed by atoms with Crippen molar-refractivity contribution in [2.75, 3.05) is 0 Å². The van der Waals surface area contributed by atoms with Gasteiger partial charge in [-0.05, 0) is 30.7 Å². The third kappa shape index (κ3) is 2.22. The van der Waals surface area contributed by atoms with Crippen LogP contribution in [0.3, 0.4) is 0 Å². The minimum atomic E-state index is 0.175. The summed E-state index contributed by atoms with van der Waals surface area (Å²) in [5.74, 6) is 1.31.